The number of hydrogen-bond donors (Lipinski definition) is 0. The van der Waals surface area contributed by atoms with E-state index in [4.69, 9.17) is 0 Å². The van der Waals surface area contributed by atoms with Gasteiger partial charge in [0.15, 0.2) is 12.4 Å². The largest absolute Gasteiger partial charge is 0.619 e. The van der Waals surface area contributed by atoms with Crippen molar-refractivity contribution in [2.45, 2.75) is 19.8 Å². The van der Waals surface area contributed by atoms with Crippen molar-refractivity contribution in [2.75, 3.05) is 0 Å². The van der Waals surface area contributed by atoms with Gasteiger partial charge in [0, 0.05) is 12.1 Å². The van der Waals surface area contributed by atoms with E-state index in [-0.39, 0.29) is 0 Å². The van der Waals surface area contributed by atoms with E-state index in [1.165, 1.54) is 18.0 Å². The number of aromatic nitrogens is 1. The van der Waals surface area contributed by atoms with Gasteiger partial charge in [-0.05, 0) is 12.0 Å². The predicted octanol–water partition coefficient (Wildman–Crippen LogP) is 1.27. The van der Waals surface area contributed by atoms with Gasteiger partial charge in [0.05, 0.1) is 0 Å². The van der Waals surface area contributed by atoms with Crippen LogP contribution in [0.25, 0.3) is 0 Å². The van der Waals surface area contributed by atoms with Crippen LogP contribution in [0.15, 0.2) is 24.5 Å². The van der Waals surface area contributed by atoms with Gasteiger partial charge in [-0.3, -0.25) is 0 Å². The molecule has 0 unspecified atom stereocenters. The zero-order chi connectivity index (χ0) is 7.40. The molecule has 0 aliphatic heterocycles. The maximum Gasteiger partial charge on any atom is 0.180 e. The molecule has 0 aliphatic carbocycles. The van der Waals surface area contributed by atoms with Crippen molar-refractivity contribution in [3.63, 3.8) is 0 Å². The molecular formula is C8H11NO. The van der Waals surface area contributed by atoms with Crippen LogP contribution >= 0.6 is 0 Å². The van der Waals surface area contributed by atoms with Crippen molar-refractivity contribution in [2.24, 2.45) is 0 Å². The molecule has 0 aliphatic rings. The Hall–Kier alpha value is -1.05. The third kappa shape index (κ3) is 1.72. The van der Waals surface area contributed by atoms with Gasteiger partial charge in [-0.2, -0.15) is 4.73 Å². The van der Waals surface area contributed by atoms with E-state index in [1.807, 2.05) is 12.1 Å². The Morgan fingerprint density at radius 2 is 2.00 bits per heavy atom. The molecule has 0 radical (unpaired) electrons. The van der Waals surface area contributed by atoms with Gasteiger partial charge in [-0.25, -0.2) is 0 Å². The van der Waals surface area contributed by atoms with Gasteiger partial charge in [0.2, 0.25) is 0 Å². The standard InChI is InChI=1S/C8H11NO/c1-2-3-8-4-6-9(10)7-5-8/h4-7H,2-3H2,1H3. The molecule has 10 heavy (non-hydrogen) atoms. The zero-order valence-corrected chi connectivity index (χ0v) is 6.08. The van der Waals surface area contributed by atoms with Gasteiger partial charge >= 0.3 is 0 Å². The predicted molar refractivity (Wildman–Crippen MR) is 39.4 cm³/mol. The summed E-state index contributed by atoms with van der Waals surface area (Å²) in [4.78, 5) is 0. The highest BCUT2D eigenvalue weighted by molar-refractivity contribution is 5.06. The summed E-state index contributed by atoms with van der Waals surface area (Å²) < 4.78 is 0.805. The lowest BCUT2D eigenvalue weighted by Gasteiger charge is -1.96. The van der Waals surface area contributed by atoms with Crippen LogP contribution in [0.1, 0.15) is 18.9 Å². The van der Waals surface area contributed by atoms with E-state index >= 15 is 0 Å². The van der Waals surface area contributed by atoms with E-state index in [2.05, 4.69) is 6.92 Å². The Labute approximate surface area is 60.7 Å². The summed E-state index contributed by atoms with van der Waals surface area (Å²) in [5.74, 6) is 0. The second-order valence-electron chi connectivity index (χ2n) is 2.32. The summed E-state index contributed by atoms with van der Waals surface area (Å²) >= 11 is 0. The van der Waals surface area contributed by atoms with Gasteiger partial charge in [-0.15, -0.1) is 0 Å². The Morgan fingerprint density at radius 1 is 1.40 bits per heavy atom. The number of pyridine rings is 1. The minimum Gasteiger partial charge on any atom is -0.619 e. The normalized spacial score (nSPS) is 9.70. The molecule has 0 amide bonds. The van der Waals surface area contributed by atoms with Crippen molar-refractivity contribution >= 4 is 0 Å². The molecule has 0 fully saturated rings. The van der Waals surface area contributed by atoms with Crippen LogP contribution in [0.3, 0.4) is 0 Å². The van der Waals surface area contributed by atoms with E-state index in [0.717, 1.165) is 17.6 Å². The molecule has 0 atom stereocenters. The fourth-order valence-electron chi connectivity index (χ4n) is 0.899. The van der Waals surface area contributed by atoms with E-state index < -0.39 is 0 Å². The first kappa shape index (κ1) is 7.06. The number of nitrogens with zero attached hydrogens (tertiary/aromatic N) is 1. The fourth-order valence-corrected chi connectivity index (χ4v) is 0.899. The van der Waals surface area contributed by atoms with Crippen LogP contribution in [0.4, 0.5) is 0 Å². The van der Waals surface area contributed by atoms with Crippen molar-refractivity contribution in [1.82, 2.24) is 0 Å². The van der Waals surface area contributed by atoms with Gasteiger partial charge < -0.3 is 5.21 Å². The average molecular weight is 137 g/mol. The molecule has 0 aromatic carbocycles. The lowest BCUT2D eigenvalue weighted by Crippen LogP contribution is -2.23. The summed E-state index contributed by atoms with van der Waals surface area (Å²) in [6.07, 6.45) is 5.25. The number of aryl methyl sites for hydroxylation is 1. The zero-order valence-electron chi connectivity index (χ0n) is 6.08. The summed E-state index contributed by atoms with van der Waals surface area (Å²) in [6, 6.07) is 3.72. The van der Waals surface area contributed by atoms with Crippen molar-refractivity contribution in [3.05, 3.63) is 35.3 Å². The minimum absolute atomic E-state index is 0.805. The Bertz CT molecular complexity index is 193. The molecule has 0 N–H and O–H groups in total. The highest BCUT2D eigenvalue weighted by atomic mass is 16.5. The van der Waals surface area contributed by atoms with Gasteiger partial charge in [0.25, 0.3) is 0 Å². The quantitative estimate of drug-likeness (QED) is 0.445. The number of hydrogen-bond acceptors (Lipinski definition) is 1. The molecule has 0 saturated carbocycles. The van der Waals surface area contributed by atoms with Crippen molar-refractivity contribution in [1.29, 1.82) is 0 Å². The maximum atomic E-state index is 10.5. The second kappa shape index (κ2) is 3.20. The van der Waals surface area contributed by atoms with Crippen LogP contribution in [-0.2, 0) is 6.42 Å². The molecule has 0 saturated heterocycles. The Kier molecular flexibility index (Phi) is 2.26. The SMILES string of the molecule is CCCc1cc[n+]([O-])cc1. The smallest absolute Gasteiger partial charge is 0.180 e. The second-order valence-corrected chi connectivity index (χ2v) is 2.32. The lowest BCUT2D eigenvalue weighted by atomic mass is 10.2. The first-order chi connectivity index (χ1) is 4.83. The summed E-state index contributed by atoms with van der Waals surface area (Å²) in [7, 11) is 0. The molecule has 0 spiro atoms. The lowest BCUT2D eigenvalue weighted by molar-refractivity contribution is -0.605. The van der Waals surface area contributed by atoms with Gasteiger partial charge in [-0.1, -0.05) is 13.3 Å². The fraction of sp³-hybridized carbons (Fsp3) is 0.375. The van der Waals surface area contributed by atoms with Gasteiger partial charge in [0.1, 0.15) is 0 Å². The first-order valence-corrected chi connectivity index (χ1v) is 3.50. The summed E-state index contributed by atoms with van der Waals surface area (Å²) in [6.45, 7) is 2.12. The van der Waals surface area contributed by atoms with Crippen molar-refractivity contribution < 1.29 is 4.73 Å². The van der Waals surface area contributed by atoms with Crippen LogP contribution in [-0.4, -0.2) is 0 Å². The molecule has 2 heteroatoms. The minimum atomic E-state index is 0.805. The Morgan fingerprint density at radius 3 is 2.50 bits per heavy atom. The molecule has 2 nitrogen and oxygen atoms in total. The van der Waals surface area contributed by atoms with Crippen LogP contribution in [0.2, 0.25) is 0 Å². The van der Waals surface area contributed by atoms with Crippen LogP contribution in [0, 0.1) is 5.21 Å². The first-order valence-electron chi connectivity index (χ1n) is 3.50. The summed E-state index contributed by atoms with van der Waals surface area (Å²) in [5.41, 5.74) is 1.23. The molecule has 0 bridgehead atoms. The molecule has 1 aromatic rings. The van der Waals surface area contributed by atoms with Crippen LogP contribution < -0.4 is 4.73 Å². The molecule has 54 valence electrons. The molecule has 1 rings (SSSR count). The highest BCUT2D eigenvalue weighted by Gasteiger charge is 1.91. The molecular weight excluding hydrogens is 126 g/mol. The molecule has 1 aromatic heterocycles. The highest BCUT2D eigenvalue weighted by Crippen LogP contribution is 1.98. The molecule has 1 heterocycles. The summed E-state index contributed by atoms with van der Waals surface area (Å²) in [5, 5.41) is 10.5. The monoisotopic (exact) mass is 137 g/mol. The Balaban J connectivity index is 2.69. The third-order valence-electron chi connectivity index (χ3n) is 1.41. The van der Waals surface area contributed by atoms with E-state index in [0.29, 0.717) is 0 Å². The van der Waals surface area contributed by atoms with Crippen molar-refractivity contribution in [3.8, 4) is 0 Å². The van der Waals surface area contributed by atoms with E-state index in [9.17, 15) is 5.21 Å². The third-order valence-corrected chi connectivity index (χ3v) is 1.41. The average Bonchev–Trinajstić information content (AvgIpc) is 1.95. The number of rotatable bonds is 2. The van der Waals surface area contributed by atoms with E-state index in [1.54, 1.807) is 0 Å². The maximum absolute atomic E-state index is 10.5. The van der Waals surface area contributed by atoms with Crippen LogP contribution in [0.5, 0.6) is 0 Å². The topological polar surface area (TPSA) is 26.9 Å².